The van der Waals surface area contributed by atoms with Crippen LogP contribution in [0, 0.1) is 12.3 Å². The van der Waals surface area contributed by atoms with E-state index in [1.54, 1.807) is 0 Å². The Morgan fingerprint density at radius 2 is 2.13 bits per heavy atom. The predicted octanol–water partition coefficient (Wildman–Crippen LogP) is 3.10. The Morgan fingerprint density at radius 3 is 2.80 bits per heavy atom. The first-order chi connectivity index (χ1) is 7.09. The molecule has 1 aliphatic heterocycles. The zero-order valence-electron chi connectivity index (χ0n) is 10.0. The van der Waals surface area contributed by atoms with Gasteiger partial charge >= 0.3 is 0 Å². The molecule has 0 aromatic heterocycles. The SMILES string of the molecule is Cc1cccc(C2CNCCC2(C)C)c1. The fourth-order valence-electron chi connectivity index (χ4n) is 2.56. The second-order valence-corrected chi connectivity index (χ2v) is 5.41. The van der Waals surface area contributed by atoms with Gasteiger partial charge in [-0.2, -0.15) is 0 Å². The van der Waals surface area contributed by atoms with E-state index < -0.39 is 0 Å². The van der Waals surface area contributed by atoms with Crippen LogP contribution >= 0.6 is 0 Å². The molecule has 0 radical (unpaired) electrons. The molecule has 1 heterocycles. The number of rotatable bonds is 1. The van der Waals surface area contributed by atoms with Crippen LogP contribution in [0.5, 0.6) is 0 Å². The highest BCUT2D eigenvalue weighted by molar-refractivity contribution is 5.27. The van der Waals surface area contributed by atoms with Gasteiger partial charge in [0.2, 0.25) is 0 Å². The Kier molecular flexibility index (Phi) is 2.83. The van der Waals surface area contributed by atoms with Gasteiger partial charge in [-0.15, -0.1) is 0 Å². The van der Waals surface area contributed by atoms with Gasteiger partial charge < -0.3 is 5.32 Å². The molecule has 1 nitrogen and oxygen atoms in total. The van der Waals surface area contributed by atoms with Crippen LogP contribution in [0.25, 0.3) is 0 Å². The van der Waals surface area contributed by atoms with Crippen molar-refractivity contribution in [3.63, 3.8) is 0 Å². The first kappa shape index (κ1) is 10.7. The Bertz CT molecular complexity index is 341. The van der Waals surface area contributed by atoms with E-state index in [1.165, 1.54) is 17.5 Å². The summed E-state index contributed by atoms with van der Waals surface area (Å²) in [6, 6.07) is 8.95. The van der Waals surface area contributed by atoms with Gasteiger partial charge in [0, 0.05) is 12.5 Å². The van der Waals surface area contributed by atoms with E-state index in [9.17, 15) is 0 Å². The van der Waals surface area contributed by atoms with E-state index >= 15 is 0 Å². The Morgan fingerprint density at radius 1 is 1.33 bits per heavy atom. The number of benzene rings is 1. The summed E-state index contributed by atoms with van der Waals surface area (Å²) in [5.74, 6) is 0.658. The Labute approximate surface area is 92.9 Å². The van der Waals surface area contributed by atoms with Crippen molar-refractivity contribution in [3.05, 3.63) is 35.4 Å². The monoisotopic (exact) mass is 203 g/mol. The average Bonchev–Trinajstić information content (AvgIpc) is 2.17. The number of aryl methyl sites for hydroxylation is 1. The molecule has 1 unspecified atom stereocenters. The predicted molar refractivity (Wildman–Crippen MR) is 65.2 cm³/mol. The van der Waals surface area contributed by atoms with Crippen LogP contribution in [0.4, 0.5) is 0 Å². The lowest BCUT2D eigenvalue weighted by atomic mass is 9.70. The van der Waals surface area contributed by atoms with Crippen molar-refractivity contribution >= 4 is 0 Å². The highest BCUT2D eigenvalue weighted by atomic mass is 14.9. The molecule has 0 bridgehead atoms. The van der Waals surface area contributed by atoms with E-state index in [-0.39, 0.29) is 0 Å². The average molecular weight is 203 g/mol. The zero-order valence-corrected chi connectivity index (χ0v) is 10.0. The smallest absolute Gasteiger partial charge is 0.00253 e. The van der Waals surface area contributed by atoms with Crippen molar-refractivity contribution in [2.75, 3.05) is 13.1 Å². The van der Waals surface area contributed by atoms with Crippen LogP contribution in [0.15, 0.2) is 24.3 Å². The molecule has 1 N–H and O–H groups in total. The van der Waals surface area contributed by atoms with Crippen molar-refractivity contribution in [1.29, 1.82) is 0 Å². The molecular weight excluding hydrogens is 182 g/mol. The third-order valence-corrected chi connectivity index (χ3v) is 3.68. The maximum absolute atomic E-state index is 3.51. The molecule has 1 saturated heterocycles. The minimum atomic E-state index is 0.430. The lowest BCUT2D eigenvalue weighted by Gasteiger charge is -2.39. The standard InChI is InChI=1S/C14H21N/c1-11-5-4-6-12(9-11)13-10-15-8-7-14(13,2)3/h4-6,9,13,15H,7-8,10H2,1-3H3. The largest absolute Gasteiger partial charge is 0.316 e. The van der Waals surface area contributed by atoms with E-state index in [2.05, 4.69) is 50.4 Å². The minimum absolute atomic E-state index is 0.430. The van der Waals surface area contributed by atoms with Gasteiger partial charge in [0.25, 0.3) is 0 Å². The maximum atomic E-state index is 3.51. The molecule has 0 aliphatic carbocycles. The zero-order chi connectivity index (χ0) is 10.9. The Balaban J connectivity index is 2.29. The molecule has 0 saturated carbocycles. The summed E-state index contributed by atoms with van der Waals surface area (Å²) in [6.07, 6.45) is 1.27. The molecule has 1 heteroatoms. The lowest BCUT2D eigenvalue weighted by molar-refractivity contribution is 0.214. The first-order valence-electron chi connectivity index (χ1n) is 5.87. The molecule has 1 aliphatic rings. The van der Waals surface area contributed by atoms with Gasteiger partial charge in [-0.25, -0.2) is 0 Å². The van der Waals surface area contributed by atoms with Gasteiger partial charge in [-0.1, -0.05) is 43.7 Å². The highest BCUT2D eigenvalue weighted by Gasteiger charge is 2.32. The van der Waals surface area contributed by atoms with Gasteiger partial charge in [-0.05, 0) is 30.9 Å². The lowest BCUT2D eigenvalue weighted by Crippen LogP contribution is -2.40. The molecule has 82 valence electrons. The molecule has 2 rings (SSSR count). The summed E-state index contributed by atoms with van der Waals surface area (Å²) in [5.41, 5.74) is 3.29. The molecule has 1 aromatic rings. The quantitative estimate of drug-likeness (QED) is 0.739. The van der Waals surface area contributed by atoms with Crippen molar-refractivity contribution in [2.45, 2.75) is 33.1 Å². The first-order valence-corrected chi connectivity index (χ1v) is 5.87. The van der Waals surface area contributed by atoms with E-state index in [4.69, 9.17) is 0 Å². The van der Waals surface area contributed by atoms with Crippen LogP contribution in [-0.2, 0) is 0 Å². The Hall–Kier alpha value is -0.820. The van der Waals surface area contributed by atoms with Crippen molar-refractivity contribution in [3.8, 4) is 0 Å². The van der Waals surface area contributed by atoms with E-state index in [0.29, 0.717) is 11.3 Å². The third-order valence-electron chi connectivity index (χ3n) is 3.68. The van der Waals surface area contributed by atoms with Gasteiger partial charge in [0.1, 0.15) is 0 Å². The third kappa shape index (κ3) is 2.23. The van der Waals surface area contributed by atoms with Crippen molar-refractivity contribution < 1.29 is 0 Å². The molecule has 15 heavy (non-hydrogen) atoms. The fourth-order valence-corrected chi connectivity index (χ4v) is 2.56. The van der Waals surface area contributed by atoms with E-state index in [0.717, 1.165) is 13.1 Å². The molecule has 1 aromatic carbocycles. The van der Waals surface area contributed by atoms with Crippen LogP contribution < -0.4 is 5.32 Å². The minimum Gasteiger partial charge on any atom is -0.316 e. The summed E-state index contributed by atoms with van der Waals surface area (Å²) in [7, 11) is 0. The van der Waals surface area contributed by atoms with Gasteiger partial charge in [0.15, 0.2) is 0 Å². The highest BCUT2D eigenvalue weighted by Crippen LogP contribution is 2.39. The number of nitrogens with one attached hydrogen (secondary N) is 1. The summed E-state index contributed by atoms with van der Waals surface area (Å²) >= 11 is 0. The van der Waals surface area contributed by atoms with Crippen LogP contribution in [0.1, 0.15) is 37.3 Å². The van der Waals surface area contributed by atoms with Crippen molar-refractivity contribution in [2.24, 2.45) is 5.41 Å². The molecule has 1 fully saturated rings. The summed E-state index contributed by atoms with van der Waals surface area (Å²) in [4.78, 5) is 0. The second kappa shape index (κ2) is 3.97. The van der Waals surface area contributed by atoms with Gasteiger partial charge in [0.05, 0.1) is 0 Å². The molecule has 1 atom stereocenters. The molecule has 0 spiro atoms. The summed E-state index contributed by atoms with van der Waals surface area (Å²) in [5, 5.41) is 3.51. The van der Waals surface area contributed by atoms with Crippen molar-refractivity contribution in [1.82, 2.24) is 5.32 Å². The van der Waals surface area contributed by atoms with Crippen LogP contribution in [-0.4, -0.2) is 13.1 Å². The number of piperidine rings is 1. The van der Waals surface area contributed by atoms with Crippen LogP contribution in [0.3, 0.4) is 0 Å². The molecule has 0 amide bonds. The second-order valence-electron chi connectivity index (χ2n) is 5.41. The maximum Gasteiger partial charge on any atom is 0.00253 e. The number of hydrogen-bond acceptors (Lipinski definition) is 1. The topological polar surface area (TPSA) is 12.0 Å². The van der Waals surface area contributed by atoms with E-state index in [1.807, 2.05) is 0 Å². The van der Waals surface area contributed by atoms with Gasteiger partial charge in [-0.3, -0.25) is 0 Å². The number of hydrogen-bond donors (Lipinski definition) is 1. The summed E-state index contributed by atoms with van der Waals surface area (Å²) < 4.78 is 0. The summed E-state index contributed by atoms with van der Waals surface area (Å²) in [6.45, 7) is 9.24. The fraction of sp³-hybridized carbons (Fsp3) is 0.571. The normalized spacial score (nSPS) is 25.1. The van der Waals surface area contributed by atoms with Crippen LogP contribution in [0.2, 0.25) is 0 Å². The molecular formula is C14H21N.